The van der Waals surface area contributed by atoms with Crippen molar-refractivity contribution in [1.29, 1.82) is 0 Å². The van der Waals surface area contributed by atoms with Crippen molar-refractivity contribution in [1.82, 2.24) is 4.98 Å². The highest BCUT2D eigenvalue weighted by Crippen LogP contribution is 2.21. The van der Waals surface area contributed by atoms with Crippen LogP contribution in [0.4, 0.5) is 17.2 Å². The first-order valence-corrected chi connectivity index (χ1v) is 8.65. The summed E-state index contributed by atoms with van der Waals surface area (Å²) in [4.78, 5) is 16.5. The van der Waals surface area contributed by atoms with E-state index >= 15 is 0 Å². The van der Waals surface area contributed by atoms with Crippen molar-refractivity contribution in [3.63, 3.8) is 0 Å². The van der Waals surface area contributed by atoms with Crippen molar-refractivity contribution < 1.29 is 4.79 Å². The second kappa shape index (κ2) is 7.83. The second-order valence-corrected chi connectivity index (χ2v) is 6.59. The van der Waals surface area contributed by atoms with Gasteiger partial charge in [0.25, 0.3) is 0 Å². The molecule has 3 rings (SSSR count). The first-order chi connectivity index (χ1) is 12.5. The van der Waals surface area contributed by atoms with Gasteiger partial charge < -0.3 is 10.6 Å². The summed E-state index contributed by atoms with van der Waals surface area (Å²) in [5, 5.41) is 6.19. The molecule has 1 amide bonds. The lowest BCUT2D eigenvalue weighted by Gasteiger charge is -2.10. The third-order valence-electron chi connectivity index (χ3n) is 4.18. The second-order valence-electron chi connectivity index (χ2n) is 6.59. The minimum absolute atomic E-state index is 0.0502. The summed E-state index contributed by atoms with van der Waals surface area (Å²) in [5.41, 5.74) is 6.29. The van der Waals surface area contributed by atoms with Gasteiger partial charge in [-0.25, -0.2) is 4.98 Å². The Kier molecular flexibility index (Phi) is 5.32. The number of hydrogen-bond donors (Lipinski definition) is 2. The van der Waals surface area contributed by atoms with Crippen molar-refractivity contribution in [2.24, 2.45) is 0 Å². The topological polar surface area (TPSA) is 54.0 Å². The average molecular weight is 345 g/mol. The highest BCUT2D eigenvalue weighted by atomic mass is 16.1. The van der Waals surface area contributed by atoms with Gasteiger partial charge in [0.05, 0.1) is 18.3 Å². The van der Waals surface area contributed by atoms with Gasteiger partial charge >= 0.3 is 0 Å². The summed E-state index contributed by atoms with van der Waals surface area (Å²) < 4.78 is 0. The molecule has 1 aromatic heterocycles. The zero-order chi connectivity index (χ0) is 18.5. The fourth-order valence-electron chi connectivity index (χ4n) is 2.73. The summed E-state index contributed by atoms with van der Waals surface area (Å²) in [6.07, 6.45) is 2.02. The molecule has 2 N–H and O–H groups in total. The Morgan fingerprint density at radius 3 is 2.31 bits per heavy atom. The number of anilines is 3. The normalized spacial score (nSPS) is 10.4. The molecule has 0 saturated carbocycles. The van der Waals surface area contributed by atoms with Gasteiger partial charge in [-0.2, -0.15) is 0 Å². The van der Waals surface area contributed by atoms with E-state index in [-0.39, 0.29) is 5.91 Å². The van der Waals surface area contributed by atoms with E-state index in [2.05, 4.69) is 41.6 Å². The van der Waals surface area contributed by atoms with E-state index in [4.69, 9.17) is 0 Å². The van der Waals surface area contributed by atoms with E-state index < -0.39 is 0 Å². The van der Waals surface area contributed by atoms with Crippen LogP contribution in [0.1, 0.15) is 22.3 Å². The molecule has 0 saturated heterocycles. The van der Waals surface area contributed by atoms with Crippen molar-refractivity contribution >= 4 is 23.1 Å². The summed E-state index contributed by atoms with van der Waals surface area (Å²) in [7, 11) is 0. The molecule has 0 bridgehead atoms. The number of aryl methyl sites for hydroxylation is 3. The number of benzene rings is 2. The minimum atomic E-state index is -0.0502. The van der Waals surface area contributed by atoms with Crippen LogP contribution in [0, 0.1) is 20.8 Å². The number of carbonyl (C=O) groups excluding carboxylic acids is 1. The monoisotopic (exact) mass is 345 g/mol. The van der Waals surface area contributed by atoms with Crippen molar-refractivity contribution in [2.45, 2.75) is 27.2 Å². The lowest BCUT2D eigenvalue weighted by atomic mass is 10.1. The van der Waals surface area contributed by atoms with E-state index in [9.17, 15) is 4.79 Å². The van der Waals surface area contributed by atoms with Gasteiger partial charge in [0.1, 0.15) is 5.82 Å². The fourth-order valence-corrected chi connectivity index (χ4v) is 2.73. The Morgan fingerprint density at radius 1 is 0.923 bits per heavy atom. The van der Waals surface area contributed by atoms with E-state index in [1.807, 2.05) is 49.4 Å². The van der Waals surface area contributed by atoms with Gasteiger partial charge in [0, 0.05) is 5.69 Å². The SMILES string of the molecule is Cc1ccc(CC(=O)Nc2ccc(Nc3ccc(C)cc3C)nc2)cc1. The highest BCUT2D eigenvalue weighted by Gasteiger charge is 2.05. The summed E-state index contributed by atoms with van der Waals surface area (Å²) in [6.45, 7) is 6.17. The number of amides is 1. The van der Waals surface area contributed by atoms with Gasteiger partial charge in [0.15, 0.2) is 0 Å². The maximum atomic E-state index is 12.2. The zero-order valence-corrected chi connectivity index (χ0v) is 15.3. The summed E-state index contributed by atoms with van der Waals surface area (Å²) in [5.74, 6) is 0.694. The van der Waals surface area contributed by atoms with Crippen LogP contribution in [0.2, 0.25) is 0 Å². The molecule has 3 aromatic rings. The molecule has 0 unspecified atom stereocenters. The molecule has 0 aliphatic carbocycles. The molecule has 132 valence electrons. The van der Waals surface area contributed by atoms with Crippen molar-refractivity contribution in [2.75, 3.05) is 10.6 Å². The average Bonchev–Trinajstić information content (AvgIpc) is 2.61. The molecule has 26 heavy (non-hydrogen) atoms. The van der Waals surface area contributed by atoms with Gasteiger partial charge in [0.2, 0.25) is 5.91 Å². The largest absolute Gasteiger partial charge is 0.340 e. The van der Waals surface area contributed by atoms with Crippen LogP contribution >= 0.6 is 0 Å². The molecule has 0 radical (unpaired) electrons. The summed E-state index contributed by atoms with van der Waals surface area (Å²) >= 11 is 0. The number of carbonyl (C=O) groups is 1. The van der Waals surface area contributed by atoms with Crippen molar-refractivity contribution in [3.8, 4) is 0 Å². The number of nitrogens with one attached hydrogen (secondary N) is 2. The van der Waals surface area contributed by atoms with Gasteiger partial charge in [-0.1, -0.05) is 47.5 Å². The van der Waals surface area contributed by atoms with Crippen LogP contribution in [-0.4, -0.2) is 10.9 Å². The van der Waals surface area contributed by atoms with Gasteiger partial charge in [-0.3, -0.25) is 4.79 Å². The number of aromatic nitrogens is 1. The fraction of sp³-hybridized carbons (Fsp3) is 0.182. The van der Waals surface area contributed by atoms with E-state index in [1.165, 1.54) is 16.7 Å². The third kappa shape index (κ3) is 4.70. The number of nitrogens with zero attached hydrogens (tertiary/aromatic N) is 1. The molecule has 0 fully saturated rings. The minimum Gasteiger partial charge on any atom is -0.340 e. The standard InChI is InChI=1S/C22H23N3O/c1-15-4-7-18(8-5-15)13-22(26)24-19-9-11-21(23-14-19)25-20-10-6-16(2)12-17(20)3/h4-12,14H,13H2,1-3H3,(H,23,25)(H,24,26). The quantitative estimate of drug-likeness (QED) is 0.689. The molecule has 1 heterocycles. The molecule has 0 aliphatic heterocycles. The van der Waals surface area contributed by atoms with Gasteiger partial charge in [-0.05, 0) is 50.1 Å². The Balaban J connectivity index is 1.60. The number of pyridine rings is 1. The summed E-state index contributed by atoms with van der Waals surface area (Å²) in [6, 6.07) is 17.9. The van der Waals surface area contributed by atoms with E-state index in [1.54, 1.807) is 6.20 Å². The van der Waals surface area contributed by atoms with E-state index in [0.717, 1.165) is 17.1 Å². The molecule has 4 nitrogen and oxygen atoms in total. The van der Waals surface area contributed by atoms with Crippen LogP contribution in [-0.2, 0) is 11.2 Å². The molecule has 4 heteroatoms. The Labute approximate surface area is 154 Å². The predicted molar refractivity (Wildman–Crippen MR) is 107 cm³/mol. The van der Waals surface area contributed by atoms with E-state index in [0.29, 0.717) is 12.1 Å². The smallest absolute Gasteiger partial charge is 0.228 e. The first-order valence-electron chi connectivity index (χ1n) is 8.65. The Bertz CT molecular complexity index is 900. The molecule has 0 spiro atoms. The lowest BCUT2D eigenvalue weighted by molar-refractivity contribution is -0.115. The lowest BCUT2D eigenvalue weighted by Crippen LogP contribution is -2.14. The highest BCUT2D eigenvalue weighted by molar-refractivity contribution is 5.92. The Hall–Kier alpha value is -3.14. The van der Waals surface area contributed by atoms with Crippen LogP contribution < -0.4 is 10.6 Å². The van der Waals surface area contributed by atoms with Crippen LogP contribution in [0.25, 0.3) is 0 Å². The zero-order valence-electron chi connectivity index (χ0n) is 15.3. The van der Waals surface area contributed by atoms with Crippen LogP contribution in [0.5, 0.6) is 0 Å². The Morgan fingerprint density at radius 2 is 1.65 bits per heavy atom. The predicted octanol–water partition coefficient (Wildman–Crippen LogP) is 4.93. The van der Waals surface area contributed by atoms with Crippen molar-refractivity contribution in [3.05, 3.63) is 83.0 Å². The maximum absolute atomic E-state index is 12.2. The van der Waals surface area contributed by atoms with Crippen LogP contribution in [0.15, 0.2) is 60.8 Å². The third-order valence-corrected chi connectivity index (χ3v) is 4.18. The van der Waals surface area contributed by atoms with Crippen LogP contribution in [0.3, 0.4) is 0 Å². The molecular formula is C22H23N3O. The first kappa shape index (κ1) is 17.7. The molecule has 0 aliphatic rings. The molecular weight excluding hydrogens is 322 g/mol. The molecule has 2 aromatic carbocycles. The van der Waals surface area contributed by atoms with Gasteiger partial charge in [-0.15, -0.1) is 0 Å². The maximum Gasteiger partial charge on any atom is 0.228 e. The molecule has 0 atom stereocenters. The number of hydrogen-bond acceptors (Lipinski definition) is 3. The number of rotatable bonds is 5.